The number of piperidine rings is 1. The van der Waals surface area contributed by atoms with E-state index in [2.05, 4.69) is 24.9 Å². The van der Waals surface area contributed by atoms with Crippen LogP contribution in [0, 0.1) is 0 Å². The molecule has 1 saturated heterocycles. The predicted molar refractivity (Wildman–Crippen MR) is 62.2 cm³/mol. The van der Waals surface area contributed by atoms with Gasteiger partial charge in [-0.25, -0.2) is 0 Å². The van der Waals surface area contributed by atoms with Crippen LogP contribution < -0.4 is 0 Å². The second-order valence-electron chi connectivity index (χ2n) is 4.65. The average Bonchev–Trinajstić information content (AvgIpc) is 2.22. The van der Waals surface area contributed by atoms with Crippen LogP contribution in [0.3, 0.4) is 0 Å². The van der Waals surface area contributed by atoms with Gasteiger partial charge in [0.1, 0.15) is 5.75 Å². The van der Waals surface area contributed by atoms with E-state index < -0.39 is 0 Å². The number of phenolic OH excluding ortho intramolecular Hbond substituents is 1. The summed E-state index contributed by atoms with van der Waals surface area (Å²) in [6.07, 6.45) is 2.39. The summed E-state index contributed by atoms with van der Waals surface area (Å²) in [4.78, 5) is 2.40. The van der Waals surface area contributed by atoms with E-state index in [1.165, 1.54) is 18.4 Å². The summed E-state index contributed by atoms with van der Waals surface area (Å²) in [5.74, 6) is 1.00. The van der Waals surface area contributed by atoms with Crippen LogP contribution in [0.4, 0.5) is 0 Å². The van der Waals surface area contributed by atoms with Crippen LogP contribution in [0.5, 0.6) is 5.75 Å². The molecule has 1 heterocycles. The first kappa shape index (κ1) is 10.5. The van der Waals surface area contributed by atoms with Crippen molar-refractivity contribution in [3.63, 3.8) is 0 Å². The summed E-state index contributed by atoms with van der Waals surface area (Å²) >= 11 is 0. The minimum Gasteiger partial charge on any atom is -0.508 e. The Morgan fingerprint density at radius 3 is 2.87 bits per heavy atom. The largest absolute Gasteiger partial charge is 0.508 e. The molecule has 0 bridgehead atoms. The summed E-state index contributed by atoms with van der Waals surface area (Å²) in [5.41, 5.74) is 1.29. The molecule has 82 valence electrons. The van der Waals surface area contributed by atoms with Crippen molar-refractivity contribution in [1.29, 1.82) is 0 Å². The van der Waals surface area contributed by atoms with Gasteiger partial charge in [-0.05, 0) is 57.0 Å². The lowest BCUT2D eigenvalue weighted by molar-refractivity contribution is 0.182. The van der Waals surface area contributed by atoms with Crippen molar-refractivity contribution in [1.82, 2.24) is 4.90 Å². The third-order valence-electron chi connectivity index (χ3n) is 3.55. The first-order valence-corrected chi connectivity index (χ1v) is 5.66. The Hall–Kier alpha value is -1.02. The highest BCUT2D eigenvalue weighted by Crippen LogP contribution is 2.31. The molecule has 1 fully saturated rings. The van der Waals surface area contributed by atoms with Crippen molar-refractivity contribution in [2.75, 3.05) is 13.6 Å². The third kappa shape index (κ3) is 2.32. The zero-order chi connectivity index (χ0) is 10.8. The van der Waals surface area contributed by atoms with Gasteiger partial charge in [-0.3, -0.25) is 0 Å². The molecule has 0 saturated carbocycles. The zero-order valence-electron chi connectivity index (χ0n) is 9.48. The van der Waals surface area contributed by atoms with Gasteiger partial charge in [0.2, 0.25) is 0 Å². The highest BCUT2D eigenvalue weighted by atomic mass is 16.3. The highest BCUT2D eigenvalue weighted by Gasteiger charge is 2.23. The van der Waals surface area contributed by atoms with Crippen LogP contribution >= 0.6 is 0 Å². The molecule has 0 spiro atoms. The Morgan fingerprint density at radius 1 is 1.40 bits per heavy atom. The van der Waals surface area contributed by atoms with Gasteiger partial charge in [0.25, 0.3) is 0 Å². The molecule has 0 aliphatic carbocycles. The first-order valence-electron chi connectivity index (χ1n) is 5.66. The van der Waals surface area contributed by atoms with Crippen molar-refractivity contribution >= 4 is 0 Å². The number of hydrogen-bond acceptors (Lipinski definition) is 2. The van der Waals surface area contributed by atoms with Gasteiger partial charge in [0.15, 0.2) is 0 Å². The van der Waals surface area contributed by atoms with E-state index in [1.807, 2.05) is 12.1 Å². The summed E-state index contributed by atoms with van der Waals surface area (Å²) in [5, 5.41) is 9.45. The second kappa shape index (κ2) is 4.23. The third-order valence-corrected chi connectivity index (χ3v) is 3.55. The lowest BCUT2D eigenvalue weighted by Gasteiger charge is -2.35. The van der Waals surface area contributed by atoms with E-state index in [0.29, 0.717) is 17.7 Å². The summed E-state index contributed by atoms with van der Waals surface area (Å²) in [7, 11) is 2.18. The number of phenols is 1. The van der Waals surface area contributed by atoms with E-state index in [9.17, 15) is 5.11 Å². The van der Waals surface area contributed by atoms with Crippen LogP contribution in [-0.4, -0.2) is 29.6 Å². The average molecular weight is 205 g/mol. The highest BCUT2D eigenvalue weighted by molar-refractivity contribution is 5.30. The molecule has 2 nitrogen and oxygen atoms in total. The van der Waals surface area contributed by atoms with Gasteiger partial charge in [-0.1, -0.05) is 12.1 Å². The standard InChI is InChI=1S/C13H19NO/c1-10-8-12(6-7-14(10)2)11-4-3-5-13(15)9-11/h3-5,9-10,12,15H,6-8H2,1-2H3/t10?,12-/m0/s1. The fraction of sp³-hybridized carbons (Fsp3) is 0.538. The van der Waals surface area contributed by atoms with Crippen molar-refractivity contribution in [3.05, 3.63) is 29.8 Å². The molecule has 2 rings (SSSR count). The maximum Gasteiger partial charge on any atom is 0.115 e. The normalized spacial score (nSPS) is 27.9. The molecule has 2 heteroatoms. The van der Waals surface area contributed by atoms with Crippen LogP contribution in [-0.2, 0) is 0 Å². The second-order valence-corrected chi connectivity index (χ2v) is 4.65. The molecule has 0 aromatic heterocycles. The quantitative estimate of drug-likeness (QED) is 0.761. The van der Waals surface area contributed by atoms with Crippen LogP contribution in [0.25, 0.3) is 0 Å². The van der Waals surface area contributed by atoms with Gasteiger partial charge in [0, 0.05) is 6.04 Å². The maximum atomic E-state index is 9.45. The lowest BCUT2D eigenvalue weighted by Crippen LogP contribution is -2.36. The van der Waals surface area contributed by atoms with E-state index in [0.717, 1.165) is 6.54 Å². The summed E-state index contributed by atoms with van der Waals surface area (Å²) in [6, 6.07) is 8.35. The lowest BCUT2D eigenvalue weighted by atomic mass is 9.86. The Balaban J connectivity index is 2.12. The summed E-state index contributed by atoms with van der Waals surface area (Å²) < 4.78 is 0. The van der Waals surface area contributed by atoms with Gasteiger partial charge in [0.05, 0.1) is 0 Å². The number of likely N-dealkylation sites (tertiary alicyclic amines) is 1. The van der Waals surface area contributed by atoms with E-state index in [-0.39, 0.29) is 0 Å². The number of nitrogens with zero attached hydrogens (tertiary/aromatic N) is 1. The van der Waals surface area contributed by atoms with E-state index in [1.54, 1.807) is 6.07 Å². The molecule has 0 amide bonds. The van der Waals surface area contributed by atoms with E-state index in [4.69, 9.17) is 0 Å². The first-order chi connectivity index (χ1) is 7.16. The maximum absolute atomic E-state index is 9.45. The van der Waals surface area contributed by atoms with Crippen LogP contribution in [0.2, 0.25) is 0 Å². The molecule has 1 aromatic carbocycles. The van der Waals surface area contributed by atoms with Gasteiger partial charge >= 0.3 is 0 Å². The Bertz CT molecular complexity index is 337. The van der Waals surface area contributed by atoms with Gasteiger partial charge in [-0.2, -0.15) is 0 Å². The number of benzene rings is 1. The summed E-state index contributed by atoms with van der Waals surface area (Å²) in [6.45, 7) is 3.43. The van der Waals surface area contributed by atoms with Crippen molar-refractivity contribution in [2.24, 2.45) is 0 Å². The molecule has 15 heavy (non-hydrogen) atoms. The molecular formula is C13H19NO. The van der Waals surface area contributed by atoms with Crippen molar-refractivity contribution in [3.8, 4) is 5.75 Å². The van der Waals surface area contributed by atoms with Gasteiger partial charge < -0.3 is 10.0 Å². The smallest absolute Gasteiger partial charge is 0.115 e. The Kier molecular flexibility index (Phi) is 2.96. The van der Waals surface area contributed by atoms with Crippen LogP contribution in [0.1, 0.15) is 31.2 Å². The zero-order valence-corrected chi connectivity index (χ0v) is 9.48. The minimum absolute atomic E-state index is 0.388. The fourth-order valence-electron chi connectivity index (χ4n) is 2.37. The molecule has 1 aliphatic heterocycles. The van der Waals surface area contributed by atoms with Crippen molar-refractivity contribution < 1.29 is 5.11 Å². The molecule has 2 atom stereocenters. The molecule has 0 radical (unpaired) electrons. The number of rotatable bonds is 1. The van der Waals surface area contributed by atoms with Crippen molar-refractivity contribution in [2.45, 2.75) is 31.7 Å². The monoisotopic (exact) mass is 205 g/mol. The fourth-order valence-corrected chi connectivity index (χ4v) is 2.37. The minimum atomic E-state index is 0.388. The van der Waals surface area contributed by atoms with Crippen LogP contribution in [0.15, 0.2) is 24.3 Å². The molecular weight excluding hydrogens is 186 g/mol. The van der Waals surface area contributed by atoms with E-state index >= 15 is 0 Å². The topological polar surface area (TPSA) is 23.5 Å². The Labute approximate surface area is 91.5 Å². The molecule has 1 N–H and O–H groups in total. The Morgan fingerprint density at radius 2 is 2.20 bits per heavy atom. The number of aromatic hydroxyl groups is 1. The molecule has 1 aliphatic rings. The predicted octanol–water partition coefficient (Wildman–Crippen LogP) is 2.59. The van der Waals surface area contributed by atoms with Gasteiger partial charge in [-0.15, -0.1) is 0 Å². The SMILES string of the molecule is CC1C[C@@H](c2cccc(O)c2)CCN1C. The molecule has 1 unspecified atom stereocenters. The molecule has 1 aromatic rings. The number of hydrogen-bond donors (Lipinski definition) is 1.